The van der Waals surface area contributed by atoms with Crippen LogP contribution in [0, 0.1) is 0 Å². The minimum Gasteiger partial charge on any atom is -0.323 e. The van der Waals surface area contributed by atoms with Crippen molar-refractivity contribution in [3.05, 3.63) is 45.7 Å². The Kier molecular flexibility index (Phi) is 4.85. The van der Waals surface area contributed by atoms with Gasteiger partial charge >= 0.3 is 0 Å². The van der Waals surface area contributed by atoms with Gasteiger partial charge in [-0.3, -0.25) is 14.5 Å². The number of thioether (sulfide) groups is 2. The molecule has 0 aromatic heterocycles. The lowest BCUT2D eigenvalue weighted by Crippen LogP contribution is -2.46. The zero-order chi connectivity index (χ0) is 16.4. The fourth-order valence-electron chi connectivity index (χ4n) is 2.80. The highest BCUT2D eigenvalue weighted by Gasteiger charge is 2.40. The number of amides is 2. The quantitative estimate of drug-likeness (QED) is 0.604. The molecule has 6 heteroatoms. The third-order valence-electron chi connectivity index (χ3n) is 4.04. The topological polar surface area (TPSA) is 37.4 Å². The molecule has 23 heavy (non-hydrogen) atoms. The van der Waals surface area contributed by atoms with E-state index in [0.29, 0.717) is 16.4 Å². The van der Waals surface area contributed by atoms with E-state index in [1.54, 1.807) is 0 Å². The van der Waals surface area contributed by atoms with E-state index < -0.39 is 0 Å². The molecule has 4 nitrogen and oxygen atoms in total. The zero-order valence-corrected chi connectivity index (χ0v) is 15.1. The van der Waals surface area contributed by atoms with Gasteiger partial charge in [-0.2, -0.15) is 0 Å². The van der Waals surface area contributed by atoms with Gasteiger partial charge in [-0.15, -0.1) is 23.5 Å². The molecule has 0 fully saturated rings. The Balaban J connectivity index is 1.62. The Hall–Kier alpha value is -1.24. The Labute approximate surface area is 145 Å². The van der Waals surface area contributed by atoms with Crippen LogP contribution in [0.15, 0.2) is 40.1 Å². The Morgan fingerprint density at radius 1 is 1.00 bits per heavy atom. The summed E-state index contributed by atoms with van der Waals surface area (Å²) in [4.78, 5) is 27.6. The number of carbonyl (C=O) groups is 2. The van der Waals surface area contributed by atoms with Crippen molar-refractivity contribution in [1.29, 1.82) is 0 Å². The standard InChI is InChI=1S/C17H21N2O2S2/c1-19(2,12-13-6-4-3-5-7-13)9-8-18-16(20)14-15(17(18)21)23-11-10-22-14/h3-7H,8-12H2,1-2H3/q+1. The van der Waals surface area contributed by atoms with Crippen molar-refractivity contribution in [2.24, 2.45) is 0 Å². The molecule has 0 bridgehead atoms. The van der Waals surface area contributed by atoms with Crippen LogP contribution < -0.4 is 0 Å². The van der Waals surface area contributed by atoms with Crippen LogP contribution in [0.2, 0.25) is 0 Å². The summed E-state index contributed by atoms with van der Waals surface area (Å²) in [5, 5.41) is 0. The number of carbonyl (C=O) groups excluding carboxylic acids is 2. The van der Waals surface area contributed by atoms with Gasteiger partial charge < -0.3 is 4.48 Å². The van der Waals surface area contributed by atoms with Gasteiger partial charge in [-0.1, -0.05) is 30.3 Å². The molecule has 1 aromatic carbocycles. The van der Waals surface area contributed by atoms with E-state index >= 15 is 0 Å². The largest absolute Gasteiger partial charge is 0.323 e. The number of quaternary nitrogens is 1. The van der Waals surface area contributed by atoms with Gasteiger partial charge in [0.2, 0.25) is 0 Å². The number of hydrogen-bond donors (Lipinski definition) is 0. The fourth-order valence-corrected chi connectivity index (χ4v) is 5.14. The average Bonchev–Trinajstić information content (AvgIpc) is 2.78. The molecule has 1 aromatic rings. The highest BCUT2D eigenvalue weighted by Crippen LogP contribution is 2.40. The molecule has 2 amide bonds. The number of hydrogen-bond acceptors (Lipinski definition) is 4. The molecule has 2 aliphatic rings. The molecule has 0 N–H and O–H groups in total. The fraction of sp³-hybridized carbons (Fsp3) is 0.412. The molecule has 0 atom stereocenters. The smallest absolute Gasteiger partial charge is 0.268 e. The number of rotatable bonds is 5. The summed E-state index contributed by atoms with van der Waals surface area (Å²) in [7, 11) is 4.27. The van der Waals surface area contributed by atoms with Gasteiger partial charge in [0, 0.05) is 17.1 Å². The molecule has 2 heterocycles. The van der Waals surface area contributed by atoms with Crippen LogP contribution in [0.4, 0.5) is 0 Å². The number of likely N-dealkylation sites (N-methyl/N-ethyl adjacent to an activating group) is 1. The summed E-state index contributed by atoms with van der Waals surface area (Å²) in [6.45, 7) is 2.11. The highest BCUT2D eigenvalue weighted by atomic mass is 32.2. The number of imide groups is 1. The Bertz CT molecular complexity index is 628. The molecular weight excluding hydrogens is 328 g/mol. The van der Waals surface area contributed by atoms with Gasteiger partial charge in [-0.05, 0) is 0 Å². The minimum absolute atomic E-state index is 0.0955. The van der Waals surface area contributed by atoms with Gasteiger partial charge in [0.25, 0.3) is 11.8 Å². The lowest BCUT2D eigenvalue weighted by Gasteiger charge is -2.31. The lowest BCUT2D eigenvalue weighted by molar-refractivity contribution is -0.902. The second-order valence-corrected chi connectivity index (χ2v) is 8.63. The molecule has 0 unspecified atom stereocenters. The van der Waals surface area contributed by atoms with Gasteiger partial charge in [0.1, 0.15) is 6.54 Å². The van der Waals surface area contributed by atoms with Crippen LogP contribution in [0.3, 0.4) is 0 Å². The Morgan fingerprint density at radius 2 is 1.57 bits per heavy atom. The number of benzene rings is 1. The molecule has 0 aliphatic carbocycles. The maximum absolute atomic E-state index is 12.4. The van der Waals surface area contributed by atoms with Crippen molar-refractivity contribution in [1.82, 2.24) is 4.90 Å². The lowest BCUT2D eigenvalue weighted by atomic mass is 10.2. The van der Waals surface area contributed by atoms with E-state index in [1.807, 2.05) is 18.2 Å². The van der Waals surface area contributed by atoms with Crippen molar-refractivity contribution < 1.29 is 14.1 Å². The first-order chi connectivity index (χ1) is 11.0. The highest BCUT2D eigenvalue weighted by molar-refractivity contribution is 8.11. The van der Waals surface area contributed by atoms with Crippen molar-refractivity contribution in [3.63, 3.8) is 0 Å². The predicted octanol–water partition coefficient (Wildman–Crippen LogP) is 2.32. The molecule has 122 valence electrons. The van der Waals surface area contributed by atoms with Crippen molar-refractivity contribution in [2.45, 2.75) is 6.54 Å². The monoisotopic (exact) mass is 349 g/mol. The third-order valence-corrected chi connectivity index (χ3v) is 6.58. The van der Waals surface area contributed by atoms with Crippen LogP contribution in [0.5, 0.6) is 0 Å². The first-order valence-corrected chi connectivity index (χ1v) is 9.67. The summed E-state index contributed by atoms with van der Waals surface area (Å²) in [6.07, 6.45) is 0. The molecular formula is C17H21N2O2S2+. The van der Waals surface area contributed by atoms with Crippen LogP contribution in [-0.4, -0.2) is 59.9 Å². The molecule has 0 saturated heterocycles. The van der Waals surface area contributed by atoms with Crippen molar-refractivity contribution in [2.75, 3.05) is 38.7 Å². The van der Waals surface area contributed by atoms with Crippen LogP contribution in [0.25, 0.3) is 0 Å². The van der Waals surface area contributed by atoms with E-state index in [1.165, 1.54) is 34.0 Å². The minimum atomic E-state index is -0.0955. The third kappa shape index (κ3) is 3.65. The second-order valence-electron chi connectivity index (χ2n) is 6.42. The van der Waals surface area contributed by atoms with E-state index in [9.17, 15) is 9.59 Å². The Morgan fingerprint density at radius 3 is 2.13 bits per heavy atom. The first-order valence-electron chi connectivity index (χ1n) is 7.70. The van der Waals surface area contributed by atoms with Gasteiger partial charge in [0.15, 0.2) is 0 Å². The summed E-state index contributed by atoms with van der Waals surface area (Å²) in [6, 6.07) is 10.3. The summed E-state index contributed by atoms with van der Waals surface area (Å²) < 4.78 is 0.742. The van der Waals surface area contributed by atoms with Crippen molar-refractivity contribution >= 4 is 35.3 Å². The predicted molar refractivity (Wildman–Crippen MR) is 95.8 cm³/mol. The van der Waals surface area contributed by atoms with E-state index in [2.05, 4.69) is 26.2 Å². The average molecular weight is 350 g/mol. The van der Waals surface area contributed by atoms with Crippen molar-refractivity contribution in [3.8, 4) is 0 Å². The van der Waals surface area contributed by atoms with E-state index in [0.717, 1.165) is 29.1 Å². The van der Waals surface area contributed by atoms with Gasteiger partial charge in [-0.25, -0.2) is 0 Å². The molecule has 2 aliphatic heterocycles. The van der Waals surface area contributed by atoms with Gasteiger partial charge in [0.05, 0.1) is 37.0 Å². The van der Waals surface area contributed by atoms with Crippen LogP contribution in [0.1, 0.15) is 5.56 Å². The van der Waals surface area contributed by atoms with Crippen LogP contribution >= 0.6 is 23.5 Å². The summed E-state index contributed by atoms with van der Waals surface area (Å²) in [5.74, 6) is 1.63. The normalized spacial score (nSPS) is 18.6. The zero-order valence-electron chi connectivity index (χ0n) is 13.4. The van der Waals surface area contributed by atoms with Crippen LogP contribution in [-0.2, 0) is 16.1 Å². The summed E-state index contributed by atoms with van der Waals surface area (Å²) in [5.41, 5.74) is 1.26. The maximum atomic E-state index is 12.4. The SMILES string of the molecule is C[N+](C)(CCN1C(=O)C2=C(SCCS2)C1=O)Cc1ccccc1. The molecule has 0 saturated carbocycles. The molecule has 0 spiro atoms. The van der Waals surface area contributed by atoms with E-state index in [4.69, 9.17) is 0 Å². The molecule has 3 rings (SSSR count). The second kappa shape index (κ2) is 6.71. The summed E-state index contributed by atoms with van der Waals surface area (Å²) >= 11 is 3.05. The number of nitrogens with zero attached hydrogens (tertiary/aromatic N) is 2. The maximum Gasteiger partial charge on any atom is 0.268 e. The first kappa shape index (κ1) is 16.6. The van der Waals surface area contributed by atoms with E-state index in [-0.39, 0.29) is 11.8 Å². The molecule has 0 radical (unpaired) electrons.